The third kappa shape index (κ3) is 3.90. The Balaban J connectivity index is 2.24. The molecule has 1 aromatic carbocycles. The normalized spacial score (nSPS) is 14.0. The lowest BCUT2D eigenvalue weighted by molar-refractivity contribution is 0.463. The van der Waals surface area contributed by atoms with Gasteiger partial charge in [0.15, 0.2) is 0 Å². The first-order valence-electron chi connectivity index (χ1n) is 7.03. The topological polar surface area (TPSA) is 24.9 Å². The van der Waals surface area contributed by atoms with Crippen LogP contribution in [-0.4, -0.2) is 11.0 Å². The highest BCUT2D eigenvalue weighted by Gasteiger charge is 2.16. The highest BCUT2D eigenvalue weighted by Crippen LogP contribution is 2.21. The summed E-state index contributed by atoms with van der Waals surface area (Å²) in [6.07, 6.45) is 4.23. The summed E-state index contributed by atoms with van der Waals surface area (Å²) in [5, 5.41) is 3.69. The van der Waals surface area contributed by atoms with Crippen LogP contribution in [0.4, 0.5) is 0 Å². The summed E-state index contributed by atoms with van der Waals surface area (Å²) in [6.45, 7) is 4.46. The first-order chi connectivity index (χ1) is 9.31. The molecule has 0 fully saturated rings. The lowest BCUT2D eigenvalue weighted by Crippen LogP contribution is -2.31. The minimum Gasteiger partial charge on any atom is -0.302 e. The quantitative estimate of drug-likeness (QED) is 0.844. The monoisotopic (exact) mass is 254 g/mol. The van der Waals surface area contributed by atoms with E-state index in [9.17, 15) is 0 Å². The largest absolute Gasteiger partial charge is 0.302 e. The van der Waals surface area contributed by atoms with Crippen LogP contribution >= 0.6 is 0 Å². The molecule has 19 heavy (non-hydrogen) atoms. The van der Waals surface area contributed by atoms with E-state index in [1.807, 2.05) is 18.3 Å². The van der Waals surface area contributed by atoms with E-state index < -0.39 is 0 Å². The first-order valence-corrected chi connectivity index (χ1v) is 7.03. The van der Waals surface area contributed by atoms with Crippen molar-refractivity contribution in [3.05, 3.63) is 66.0 Å². The van der Waals surface area contributed by atoms with Crippen LogP contribution in [0.25, 0.3) is 0 Å². The van der Waals surface area contributed by atoms with E-state index in [0.717, 1.165) is 5.69 Å². The van der Waals surface area contributed by atoms with Gasteiger partial charge in [-0.15, -0.1) is 0 Å². The highest BCUT2D eigenvalue weighted by molar-refractivity contribution is 5.27. The van der Waals surface area contributed by atoms with E-state index in [-0.39, 0.29) is 6.04 Å². The van der Waals surface area contributed by atoms with Crippen LogP contribution in [-0.2, 0) is 0 Å². The average molecular weight is 254 g/mol. The molecule has 0 aliphatic rings. The van der Waals surface area contributed by atoms with Crippen molar-refractivity contribution in [2.45, 2.75) is 38.8 Å². The highest BCUT2D eigenvalue weighted by atomic mass is 15.0. The zero-order valence-electron chi connectivity index (χ0n) is 11.7. The van der Waals surface area contributed by atoms with Gasteiger partial charge in [-0.25, -0.2) is 0 Å². The van der Waals surface area contributed by atoms with Crippen molar-refractivity contribution in [1.82, 2.24) is 10.3 Å². The van der Waals surface area contributed by atoms with Crippen molar-refractivity contribution in [2.24, 2.45) is 0 Å². The molecular weight excluding hydrogens is 232 g/mol. The van der Waals surface area contributed by atoms with Gasteiger partial charge in [-0.1, -0.05) is 49.7 Å². The van der Waals surface area contributed by atoms with E-state index in [2.05, 4.69) is 60.5 Å². The molecule has 0 aliphatic carbocycles. The van der Waals surface area contributed by atoms with Crippen LogP contribution in [0.2, 0.25) is 0 Å². The Morgan fingerprint density at radius 2 is 1.79 bits per heavy atom. The van der Waals surface area contributed by atoms with E-state index in [0.29, 0.717) is 6.04 Å². The molecule has 2 atom stereocenters. The second-order valence-electron chi connectivity index (χ2n) is 4.95. The molecule has 1 N–H and O–H groups in total. The summed E-state index contributed by atoms with van der Waals surface area (Å²) in [5.74, 6) is 0. The fourth-order valence-electron chi connectivity index (χ4n) is 2.35. The maximum Gasteiger partial charge on any atom is 0.0753 e. The number of hydrogen-bond acceptors (Lipinski definition) is 2. The van der Waals surface area contributed by atoms with E-state index >= 15 is 0 Å². The Bertz CT molecular complexity index is 428. The van der Waals surface area contributed by atoms with Gasteiger partial charge in [-0.05, 0) is 31.0 Å². The fraction of sp³-hybridized carbons (Fsp3) is 0.353. The second-order valence-corrected chi connectivity index (χ2v) is 4.95. The summed E-state index contributed by atoms with van der Waals surface area (Å²) >= 11 is 0. The van der Waals surface area contributed by atoms with Crippen LogP contribution in [0, 0.1) is 0 Å². The van der Waals surface area contributed by atoms with Crippen molar-refractivity contribution in [1.29, 1.82) is 0 Å². The van der Waals surface area contributed by atoms with Crippen LogP contribution in [0.3, 0.4) is 0 Å². The van der Waals surface area contributed by atoms with Crippen LogP contribution in [0.15, 0.2) is 54.7 Å². The maximum atomic E-state index is 4.51. The molecule has 2 rings (SSSR count). The Morgan fingerprint density at radius 3 is 2.42 bits per heavy atom. The zero-order chi connectivity index (χ0) is 13.5. The van der Waals surface area contributed by atoms with Gasteiger partial charge in [0.25, 0.3) is 0 Å². The van der Waals surface area contributed by atoms with Gasteiger partial charge in [0.1, 0.15) is 0 Å². The van der Waals surface area contributed by atoms with E-state index in [1.165, 1.54) is 18.4 Å². The molecular formula is C17H22N2. The Labute approximate surface area is 115 Å². The maximum absolute atomic E-state index is 4.51. The molecule has 0 amide bonds. The third-order valence-electron chi connectivity index (χ3n) is 3.29. The molecule has 0 aliphatic heterocycles. The van der Waals surface area contributed by atoms with Crippen molar-refractivity contribution < 1.29 is 0 Å². The Kier molecular flexibility index (Phi) is 5.10. The Hall–Kier alpha value is -1.67. The van der Waals surface area contributed by atoms with Gasteiger partial charge in [-0.3, -0.25) is 4.98 Å². The molecule has 2 heteroatoms. The first kappa shape index (κ1) is 13.8. The van der Waals surface area contributed by atoms with Crippen molar-refractivity contribution in [3.8, 4) is 0 Å². The summed E-state index contributed by atoms with van der Waals surface area (Å²) in [6, 6.07) is 17.3. The SMILES string of the molecule is CCCC(C)NC(c1ccccc1)c1ccccn1. The predicted molar refractivity (Wildman–Crippen MR) is 80.0 cm³/mol. The van der Waals surface area contributed by atoms with E-state index in [1.54, 1.807) is 0 Å². The number of nitrogens with zero attached hydrogens (tertiary/aromatic N) is 1. The zero-order valence-corrected chi connectivity index (χ0v) is 11.7. The molecule has 0 bridgehead atoms. The average Bonchev–Trinajstić information content (AvgIpc) is 2.47. The van der Waals surface area contributed by atoms with Crippen molar-refractivity contribution in [3.63, 3.8) is 0 Å². The standard InChI is InChI=1S/C17H22N2/c1-3-9-14(2)19-17(15-10-5-4-6-11-15)16-12-7-8-13-18-16/h4-8,10-14,17,19H,3,9H2,1-2H3. The van der Waals surface area contributed by atoms with Crippen molar-refractivity contribution >= 4 is 0 Å². The van der Waals surface area contributed by atoms with Crippen LogP contribution in [0.5, 0.6) is 0 Å². The van der Waals surface area contributed by atoms with Crippen LogP contribution in [0.1, 0.15) is 44.0 Å². The molecule has 0 saturated heterocycles. The van der Waals surface area contributed by atoms with Gasteiger partial charge >= 0.3 is 0 Å². The lowest BCUT2D eigenvalue weighted by Gasteiger charge is -2.23. The fourth-order valence-corrected chi connectivity index (χ4v) is 2.35. The minimum absolute atomic E-state index is 0.170. The molecule has 2 unspecified atom stereocenters. The molecule has 2 aromatic rings. The summed E-state index contributed by atoms with van der Waals surface area (Å²) in [5.41, 5.74) is 2.35. The molecule has 0 spiro atoms. The van der Waals surface area contributed by atoms with E-state index in [4.69, 9.17) is 0 Å². The van der Waals surface area contributed by atoms with Gasteiger partial charge in [0.05, 0.1) is 11.7 Å². The lowest BCUT2D eigenvalue weighted by atomic mass is 10.0. The summed E-state index contributed by atoms with van der Waals surface area (Å²) in [7, 11) is 0. The van der Waals surface area contributed by atoms with Crippen LogP contribution < -0.4 is 5.32 Å². The number of pyridine rings is 1. The third-order valence-corrected chi connectivity index (χ3v) is 3.29. The predicted octanol–water partition coefficient (Wildman–Crippen LogP) is 3.95. The molecule has 2 nitrogen and oxygen atoms in total. The molecule has 0 saturated carbocycles. The van der Waals surface area contributed by atoms with Gasteiger partial charge in [-0.2, -0.15) is 0 Å². The molecule has 100 valence electrons. The number of rotatable bonds is 6. The van der Waals surface area contributed by atoms with Gasteiger partial charge < -0.3 is 5.32 Å². The number of nitrogens with one attached hydrogen (secondary N) is 1. The molecule has 1 aromatic heterocycles. The number of benzene rings is 1. The molecule has 1 heterocycles. The Morgan fingerprint density at radius 1 is 1.05 bits per heavy atom. The minimum atomic E-state index is 0.170. The van der Waals surface area contributed by atoms with Crippen molar-refractivity contribution in [2.75, 3.05) is 0 Å². The smallest absolute Gasteiger partial charge is 0.0753 e. The van der Waals surface area contributed by atoms with Gasteiger partial charge in [0.2, 0.25) is 0 Å². The number of hydrogen-bond donors (Lipinski definition) is 1. The number of aromatic nitrogens is 1. The second kappa shape index (κ2) is 7.05. The summed E-state index contributed by atoms with van der Waals surface area (Å²) in [4.78, 5) is 4.51. The van der Waals surface area contributed by atoms with Gasteiger partial charge in [0, 0.05) is 12.2 Å². The molecule has 0 radical (unpaired) electrons. The summed E-state index contributed by atoms with van der Waals surface area (Å²) < 4.78 is 0.